The molecule has 3 N–H and O–H groups in total. The largest absolute Gasteiger partial charge is 0.394 e. The molecule has 64 heavy (non-hydrogen) atoms. The molecule has 0 radical (unpaired) electrons. The first-order valence-corrected chi connectivity index (χ1v) is 29.6. The highest BCUT2D eigenvalue weighted by Gasteiger charge is 2.18. The summed E-state index contributed by atoms with van der Waals surface area (Å²) in [4.78, 5) is 12.4. The van der Waals surface area contributed by atoms with Crippen molar-refractivity contribution in [2.45, 2.75) is 347 Å². The molecule has 0 aliphatic heterocycles. The Morgan fingerprint density at radius 2 is 0.609 bits per heavy atom. The van der Waals surface area contributed by atoms with Crippen LogP contribution in [0.3, 0.4) is 0 Å². The lowest BCUT2D eigenvalue weighted by Crippen LogP contribution is -2.45. The lowest BCUT2D eigenvalue weighted by molar-refractivity contribution is -0.123. The molecule has 0 rings (SSSR count). The van der Waals surface area contributed by atoms with E-state index in [-0.39, 0.29) is 12.5 Å². The van der Waals surface area contributed by atoms with Gasteiger partial charge < -0.3 is 15.5 Å². The zero-order chi connectivity index (χ0) is 46.3. The van der Waals surface area contributed by atoms with Crippen molar-refractivity contribution in [2.75, 3.05) is 6.61 Å². The number of rotatable bonds is 55. The second-order valence-corrected chi connectivity index (χ2v) is 20.4. The van der Waals surface area contributed by atoms with Crippen LogP contribution in [-0.4, -0.2) is 34.9 Å². The fraction of sp³-hybridized carbons (Fsp3) is 0.917. The summed E-state index contributed by atoms with van der Waals surface area (Å²) in [6, 6.07) is -0.635. The third kappa shape index (κ3) is 51.8. The van der Waals surface area contributed by atoms with E-state index in [1.807, 2.05) is 6.08 Å². The summed E-state index contributed by atoms with van der Waals surface area (Å²) in [6.07, 6.45) is 75.3. The predicted molar refractivity (Wildman–Crippen MR) is 286 cm³/mol. The molecule has 0 aromatic rings. The van der Waals surface area contributed by atoms with Gasteiger partial charge in [0.05, 0.1) is 18.8 Å². The van der Waals surface area contributed by atoms with Gasteiger partial charge in [-0.2, -0.15) is 0 Å². The molecule has 0 aliphatic carbocycles. The Balaban J connectivity index is 3.33. The number of carbonyl (C=O) groups is 1. The van der Waals surface area contributed by atoms with E-state index in [4.69, 9.17) is 0 Å². The van der Waals surface area contributed by atoms with Gasteiger partial charge in [-0.3, -0.25) is 4.79 Å². The number of hydrogen-bond acceptors (Lipinski definition) is 3. The molecule has 1 amide bonds. The maximum atomic E-state index is 12.4. The Morgan fingerprint density at radius 1 is 0.359 bits per heavy atom. The van der Waals surface area contributed by atoms with Crippen LogP contribution in [0.25, 0.3) is 0 Å². The smallest absolute Gasteiger partial charge is 0.220 e. The quantitative estimate of drug-likeness (QED) is 0.0421. The highest BCUT2D eigenvalue weighted by molar-refractivity contribution is 5.76. The molecule has 0 saturated heterocycles. The van der Waals surface area contributed by atoms with Crippen LogP contribution in [0.4, 0.5) is 0 Å². The first-order valence-electron chi connectivity index (χ1n) is 29.6. The van der Waals surface area contributed by atoms with E-state index < -0.39 is 12.1 Å². The van der Waals surface area contributed by atoms with E-state index in [1.54, 1.807) is 6.08 Å². The van der Waals surface area contributed by atoms with Crippen LogP contribution >= 0.6 is 0 Å². The minimum absolute atomic E-state index is 0.0687. The maximum absolute atomic E-state index is 12.4. The van der Waals surface area contributed by atoms with Gasteiger partial charge in [0.15, 0.2) is 0 Å². The molecule has 0 heterocycles. The van der Waals surface area contributed by atoms with Crippen molar-refractivity contribution < 1.29 is 15.0 Å². The number of nitrogens with one attached hydrogen (secondary N) is 1. The van der Waals surface area contributed by atoms with Gasteiger partial charge >= 0.3 is 0 Å². The van der Waals surface area contributed by atoms with E-state index in [0.29, 0.717) is 6.42 Å². The number of unbranched alkanes of at least 4 members (excludes halogenated alkanes) is 46. The van der Waals surface area contributed by atoms with Crippen molar-refractivity contribution in [3.8, 4) is 0 Å². The fourth-order valence-electron chi connectivity index (χ4n) is 9.43. The average Bonchev–Trinajstić information content (AvgIpc) is 3.30. The summed E-state index contributed by atoms with van der Waals surface area (Å²) >= 11 is 0. The Labute approximate surface area is 402 Å². The summed E-state index contributed by atoms with van der Waals surface area (Å²) in [5.41, 5.74) is 0. The second-order valence-electron chi connectivity index (χ2n) is 20.4. The van der Waals surface area contributed by atoms with E-state index in [9.17, 15) is 15.0 Å². The Morgan fingerprint density at radius 3 is 0.906 bits per heavy atom. The molecule has 0 saturated carbocycles. The zero-order valence-electron chi connectivity index (χ0n) is 43.8. The van der Waals surface area contributed by atoms with Crippen LogP contribution in [0, 0.1) is 0 Å². The maximum Gasteiger partial charge on any atom is 0.220 e. The van der Waals surface area contributed by atoms with E-state index >= 15 is 0 Å². The minimum atomic E-state index is -0.858. The molecule has 0 aliphatic rings. The molecule has 0 bridgehead atoms. The third-order valence-electron chi connectivity index (χ3n) is 13.9. The zero-order valence-corrected chi connectivity index (χ0v) is 43.8. The molecule has 0 spiro atoms. The number of aliphatic hydroxyl groups excluding tert-OH is 2. The van der Waals surface area contributed by atoms with Crippen molar-refractivity contribution in [2.24, 2.45) is 0 Å². The Hall–Kier alpha value is -1.13. The topological polar surface area (TPSA) is 69.6 Å². The number of amides is 1. The van der Waals surface area contributed by atoms with Crippen LogP contribution in [0.1, 0.15) is 335 Å². The monoisotopic (exact) mass is 900 g/mol. The molecular weight excluding hydrogens is 783 g/mol. The van der Waals surface area contributed by atoms with Gasteiger partial charge in [0, 0.05) is 6.42 Å². The van der Waals surface area contributed by atoms with Gasteiger partial charge in [0.25, 0.3) is 0 Å². The molecule has 0 fully saturated rings. The minimum Gasteiger partial charge on any atom is -0.394 e. The van der Waals surface area contributed by atoms with Gasteiger partial charge in [-0.25, -0.2) is 0 Å². The summed E-state index contributed by atoms with van der Waals surface area (Å²) < 4.78 is 0. The molecule has 2 unspecified atom stereocenters. The van der Waals surface area contributed by atoms with Crippen molar-refractivity contribution in [1.82, 2.24) is 5.32 Å². The molecular formula is C60H117NO3. The first kappa shape index (κ1) is 62.9. The lowest BCUT2D eigenvalue weighted by Gasteiger charge is -2.19. The van der Waals surface area contributed by atoms with Crippen molar-refractivity contribution in [3.63, 3.8) is 0 Å². The normalized spacial score (nSPS) is 12.9. The van der Waals surface area contributed by atoms with Gasteiger partial charge in [-0.05, 0) is 32.1 Å². The van der Waals surface area contributed by atoms with Crippen LogP contribution < -0.4 is 5.32 Å². The van der Waals surface area contributed by atoms with E-state index in [1.165, 1.54) is 283 Å². The summed E-state index contributed by atoms with van der Waals surface area (Å²) in [7, 11) is 0. The Kier molecular flexibility index (Phi) is 55.2. The molecule has 4 nitrogen and oxygen atoms in total. The highest BCUT2D eigenvalue weighted by atomic mass is 16.3. The van der Waals surface area contributed by atoms with E-state index in [0.717, 1.165) is 32.1 Å². The number of hydrogen-bond donors (Lipinski definition) is 3. The molecule has 0 aromatic heterocycles. The summed E-state index contributed by atoms with van der Waals surface area (Å²) in [6.45, 7) is 4.31. The van der Waals surface area contributed by atoms with Crippen molar-refractivity contribution in [3.05, 3.63) is 24.3 Å². The van der Waals surface area contributed by atoms with E-state index in [2.05, 4.69) is 31.3 Å². The third-order valence-corrected chi connectivity index (χ3v) is 13.9. The van der Waals surface area contributed by atoms with Crippen LogP contribution in [0.15, 0.2) is 24.3 Å². The summed E-state index contributed by atoms with van der Waals surface area (Å²) in [5.74, 6) is -0.0687. The van der Waals surface area contributed by atoms with Crippen LogP contribution in [0.5, 0.6) is 0 Å². The van der Waals surface area contributed by atoms with Crippen molar-refractivity contribution in [1.29, 1.82) is 0 Å². The van der Waals surface area contributed by atoms with Gasteiger partial charge in [0.1, 0.15) is 0 Å². The van der Waals surface area contributed by atoms with Gasteiger partial charge in [-0.1, -0.05) is 321 Å². The van der Waals surface area contributed by atoms with Crippen LogP contribution in [-0.2, 0) is 4.79 Å². The van der Waals surface area contributed by atoms with Crippen LogP contribution in [0.2, 0.25) is 0 Å². The summed E-state index contributed by atoms with van der Waals surface area (Å²) in [5, 5.41) is 23.0. The second kappa shape index (κ2) is 56.2. The molecule has 0 aromatic carbocycles. The lowest BCUT2D eigenvalue weighted by atomic mass is 10.0. The molecule has 4 heteroatoms. The van der Waals surface area contributed by atoms with Gasteiger partial charge in [0.2, 0.25) is 5.91 Å². The molecule has 2 atom stereocenters. The SMILES string of the molecule is CCCCCCCC/C=C/CC/C=C/C(O)C(CO)NC(=O)CCCCCCCCCCCCCCCCCCCCCCCCCCCCCCCCCCCCCCCCCC. The fourth-order valence-corrected chi connectivity index (χ4v) is 9.43. The standard InChI is InChI=1S/C60H117NO3/c1-3-5-7-9-11-13-15-17-18-19-20-21-22-23-24-25-26-27-28-29-30-31-32-33-34-35-36-37-38-39-40-41-42-43-44-46-48-50-52-54-56-60(64)61-58(57-62)59(63)55-53-51-49-47-45-16-14-12-10-8-6-4-2/h45,47,53,55,58-59,62-63H,3-44,46,48-52,54,56-57H2,1-2H3,(H,61,64)/b47-45+,55-53+. The van der Waals surface area contributed by atoms with Crippen molar-refractivity contribution >= 4 is 5.91 Å². The highest BCUT2D eigenvalue weighted by Crippen LogP contribution is 2.18. The molecule has 380 valence electrons. The number of aliphatic hydroxyl groups is 2. The number of allylic oxidation sites excluding steroid dienone is 3. The predicted octanol–water partition coefficient (Wildman–Crippen LogP) is 19.5. The van der Waals surface area contributed by atoms with Gasteiger partial charge in [-0.15, -0.1) is 0 Å². The average molecular weight is 901 g/mol. The first-order chi connectivity index (χ1) is 31.7. The Bertz CT molecular complexity index is 932. The number of carbonyl (C=O) groups excluding carboxylic acids is 1.